The second-order valence-electron chi connectivity index (χ2n) is 3.94. The predicted octanol–water partition coefficient (Wildman–Crippen LogP) is 1.30. The maximum absolute atomic E-state index is 11.7. The fourth-order valence-electron chi connectivity index (χ4n) is 1.95. The summed E-state index contributed by atoms with van der Waals surface area (Å²) in [6, 6.07) is 3.33. The molecule has 7 heteroatoms. The zero-order chi connectivity index (χ0) is 14.2. The van der Waals surface area contributed by atoms with Gasteiger partial charge in [0.25, 0.3) is 0 Å². The molecule has 6 nitrogen and oxygen atoms in total. The third-order valence-electron chi connectivity index (χ3n) is 2.84. The van der Waals surface area contributed by atoms with Crippen LogP contribution >= 0.6 is 11.6 Å². The third kappa shape index (κ3) is 2.19. The van der Waals surface area contributed by atoms with Crippen LogP contribution in [-0.4, -0.2) is 31.6 Å². The minimum absolute atomic E-state index is 0.232. The largest absolute Gasteiger partial charge is 0.493 e. The van der Waals surface area contributed by atoms with Crippen LogP contribution in [0.2, 0.25) is 0 Å². The highest BCUT2D eigenvalue weighted by molar-refractivity contribution is 6.27. The number of benzene rings is 1. The number of methoxy groups -OCH3 is 2. The van der Waals surface area contributed by atoms with Crippen molar-refractivity contribution >= 4 is 29.0 Å². The van der Waals surface area contributed by atoms with Crippen molar-refractivity contribution in [3.05, 3.63) is 17.7 Å². The Kier molecular flexibility index (Phi) is 3.53. The minimum atomic E-state index is -0.858. The van der Waals surface area contributed by atoms with E-state index in [1.165, 1.54) is 26.0 Å². The number of aliphatic imine (C=N–C) groups is 1. The van der Waals surface area contributed by atoms with Crippen molar-refractivity contribution in [3.63, 3.8) is 0 Å². The van der Waals surface area contributed by atoms with Gasteiger partial charge in [0.15, 0.2) is 11.5 Å². The number of hydrogen-bond acceptors (Lipinski definition) is 5. The summed E-state index contributed by atoms with van der Waals surface area (Å²) >= 11 is 6.03. The van der Waals surface area contributed by atoms with Crippen molar-refractivity contribution in [3.8, 4) is 11.5 Å². The molecule has 0 spiro atoms. The maximum atomic E-state index is 11.7. The van der Waals surface area contributed by atoms with Crippen molar-refractivity contribution in [2.75, 3.05) is 19.1 Å². The molecule has 0 radical (unpaired) electrons. The minimum Gasteiger partial charge on any atom is -0.493 e. The van der Waals surface area contributed by atoms with Crippen LogP contribution in [-0.2, 0) is 4.79 Å². The Balaban J connectivity index is 2.67. The van der Waals surface area contributed by atoms with Crippen molar-refractivity contribution in [2.24, 2.45) is 10.7 Å². The molecule has 1 aromatic carbocycles. The lowest BCUT2D eigenvalue weighted by molar-refractivity contribution is -0.116. The number of hydrogen-bond donors (Lipinski definition) is 1. The summed E-state index contributed by atoms with van der Waals surface area (Å²) in [5.74, 6) is 1.03. The molecule has 1 aromatic rings. The number of amidine groups is 1. The van der Waals surface area contributed by atoms with Crippen LogP contribution < -0.4 is 20.1 Å². The lowest BCUT2D eigenvalue weighted by atomic mass is 10.1. The van der Waals surface area contributed by atoms with E-state index in [1.807, 2.05) is 0 Å². The molecule has 0 saturated carbocycles. The molecular weight excluding hydrogens is 270 g/mol. The zero-order valence-electron chi connectivity index (χ0n) is 10.8. The molecule has 19 heavy (non-hydrogen) atoms. The van der Waals surface area contributed by atoms with E-state index in [-0.39, 0.29) is 11.7 Å². The van der Waals surface area contributed by atoms with Gasteiger partial charge in [-0.3, -0.25) is 9.69 Å². The number of amides is 1. The molecule has 1 atom stereocenters. The first kappa shape index (κ1) is 13.5. The molecule has 0 aliphatic carbocycles. The van der Waals surface area contributed by atoms with Gasteiger partial charge >= 0.3 is 0 Å². The molecule has 1 aliphatic rings. The van der Waals surface area contributed by atoms with Crippen molar-refractivity contribution in [2.45, 2.75) is 12.5 Å². The van der Waals surface area contributed by atoms with E-state index in [4.69, 9.17) is 26.8 Å². The fourth-order valence-corrected chi connectivity index (χ4v) is 2.30. The number of fused-ring (bicyclic) bond motifs is 1. The zero-order valence-corrected chi connectivity index (χ0v) is 11.6. The van der Waals surface area contributed by atoms with Gasteiger partial charge in [-0.1, -0.05) is 11.6 Å². The van der Waals surface area contributed by atoms with Crippen molar-refractivity contribution < 1.29 is 14.3 Å². The number of rotatable bonds is 2. The number of anilines is 1. The summed E-state index contributed by atoms with van der Waals surface area (Å²) in [6.45, 7) is 1.41. The quantitative estimate of drug-likeness (QED) is 0.655. The summed E-state index contributed by atoms with van der Waals surface area (Å²) in [5, 5.41) is 0. The lowest BCUT2D eigenvalue weighted by Gasteiger charge is -2.30. The van der Waals surface area contributed by atoms with E-state index in [0.717, 1.165) is 0 Å². The van der Waals surface area contributed by atoms with Gasteiger partial charge < -0.3 is 15.2 Å². The number of halogens is 1. The lowest BCUT2D eigenvalue weighted by Crippen LogP contribution is -2.40. The molecule has 102 valence electrons. The molecule has 0 fully saturated rings. The first-order valence-electron chi connectivity index (χ1n) is 5.53. The number of nitrogens with two attached hydrogens (primary N) is 1. The Morgan fingerprint density at radius 1 is 1.37 bits per heavy atom. The number of alkyl halides is 1. The monoisotopic (exact) mass is 283 g/mol. The van der Waals surface area contributed by atoms with Gasteiger partial charge in [0, 0.05) is 18.6 Å². The molecule has 1 unspecified atom stereocenters. The summed E-state index contributed by atoms with van der Waals surface area (Å²) in [5.41, 5.74) is 6.13. The first-order chi connectivity index (χ1) is 8.99. The Hall–Kier alpha value is -1.95. The smallest absolute Gasteiger partial charge is 0.226 e. The molecule has 0 bridgehead atoms. The fraction of sp³-hybridized carbons (Fsp3) is 0.333. The van der Waals surface area contributed by atoms with Crippen molar-refractivity contribution in [1.82, 2.24) is 0 Å². The summed E-state index contributed by atoms with van der Waals surface area (Å²) in [4.78, 5) is 17.1. The van der Waals surface area contributed by atoms with E-state index < -0.39 is 5.62 Å². The summed E-state index contributed by atoms with van der Waals surface area (Å²) < 4.78 is 10.4. The van der Waals surface area contributed by atoms with Crippen LogP contribution in [0.15, 0.2) is 17.1 Å². The molecule has 0 aromatic heterocycles. The average molecular weight is 284 g/mol. The molecule has 1 amide bonds. The number of carbonyl (C=O) groups excluding carboxylic acids is 1. The number of nitrogens with zero attached hydrogens (tertiary/aromatic N) is 2. The Labute approximate surface area is 115 Å². The van der Waals surface area contributed by atoms with Crippen LogP contribution in [0, 0.1) is 0 Å². The highest BCUT2D eigenvalue weighted by Crippen LogP contribution is 2.38. The van der Waals surface area contributed by atoms with Gasteiger partial charge in [-0.2, -0.15) is 0 Å². The van der Waals surface area contributed by atoms with Gasteiger partial charge in [0.05, 0.1) is 19.9 Å². The van der Waals surface area contributed by atoms with Crippen molar-refractivity contribution in [1.29, 1.82) is 0 Å². The molecule has 1 aliphatic heterocycles. The van der Waals surface area contributed by atoms with Crippen LogP contribution in [0.4, 0.5) is 5.69 Å². The predicted molar refractivity (Wildman–Crippen MR) is 73.1 cm³/mol. The standard InChI is InChI=1S/C12H14ClN3O3/c1-6(17)16-8-5-10(19-3)9(18-2)4-7(8)11(14)15-12(16)13/h4-5,12H,1-3H3,(H2,14,15). The van der Waals surface area contributed by atoms with E-state index in [1.54, 1.807) is 12.1 Å². The first-order valence-corrected chi connectivity index (χ1v) is 5.96. The average Bonchev–Trinajstić information content (AvgIpc) is 2.36. The summed E-state index contributed by atoms with van der Waals surface area (Å²) in [7, 11) is 3.04. The van der Waals surface area contributed by atoms with Crippen LogP contribution in [0.25, 0.3) is 0 Å². The van der Waals surface area contributed by atoms with E-state index in [2.05, 4.69) is 4.99 Å². The van der Waals surface area contributed by atoms with E-state index in [0.29, 0.717) is 22.7 Å². The Morgan fingerprint density at radius 2 is 1.95 bits per heavy atom. The third-order valence-corrected chi connectivity index (χ3v) is 3.13. The number of carbonyl (C=O) groups is 1. The van der Waals surface area contributed by atoms with E-state index in [9.17, 15) is 4.79 Å². The highest BCUT2D eigenvalue weighted by atomic mass is 35.5. The second kappa shape index (κ2) is 4.97. The topological polar surface area (TPSA) is 77.2 Å². The molecule has 2 rings (SSSR count). The maximum Gasteiger partial charge on any atom is 0.226 e. The normalized spacial score (nSPS) is 17.6. The second-order valence-corrected chi connectivity index (χ2v) is 4.33. The van der Waals surface area contributed by atoms with E-state index >= 15 is 0 Å². The van der Waals surface area contributed by atoms with Crippen LogP contribution in [0.5, 0.6) is 11.5 Å². The SMILES string of the molecule is COc1cc2c(cc1OC)N(C(C)=O)C(Cl)N=C2N. The van der Waals surface area contributed by atoms with Gasteiger partial charge in [0.1, 0.15) is 5.84 Å². The highest BCUT2D eigenvalue weighted by Gasteiger charge is 2.30. The Bertz CT molecular complexity index is 559. The molecule has 0 saturated heterocycles. The number of ether oxygens (including phenoxy) is 2. The Morgan fingerprint density at radius 3 is 2.47 bits per heavy atom. The molecule has 2 N–H and O–H groups in total. The van der Waals surface area contributed by atoms with Crippen LogP contribution in [0.1, 0.15) is 12.5 Å². The van der Waals surface area contributed by atoms with Crippen LogP contribution in [0.3, 0.4) is 0 Å². The molecular formula is C12H14ClN3O3. The van der Waals surface area contributed by atoms with Gasteiger partial charge in [0.2, 0.25) is 11.5 Å². The van der Waals surface area contributed by atoms with Gasteiger partial charge in [-0.05, 0) is 6.07 Å². The van der Waals surface area contributed by atoms with Gasteiger partial charge in [-0.25, -0.2) is 4.99 Å². The summed E-state index contributed by atoms with van der Waals surface area (Å²) in [6.07, 6.45) is 0. The van der Waals surface area contributed by atoms with Gasteiger partial charge in [-0.15, -0.1) is 0 Å². The molecule has 1 heterocycles.